The van der Waals surface area contributed by atoms with Crippen molar-refractivity contribution in [3.05, 3.63) is 47.1 Å². The molecule has 1 amide bonds. The van der Waals surface area contributed by atoms with E-state index in [9.17, 15) is 4.79 Å². The van der Waals surface area contributed by atoms with E-state index in [1.807, 2.05) is 30.3 Å². The highest BCUT2D eigenvalue weighted by Crippen LogP contribution is 2.18. The van der Waals surface area contributed by atoms with Crippen LogP contribution in [0.5, 0.6) is 0 Å². The zero-order valence-corrected chi connectivity index (χ0v) is 12.4. The van der Waals surface area contributed by atoms with Gasteiger partial charge in [-0.2, -0.15) is 0 Å². The zero-order chi connectivity index (χ0) is 14.7. The molecule has 1 N–H and O–H groups in total. The summed E-state index contributed by atoms with van der Waals surface area (Å²) in [6, 6.07) is 11.3. The first-order valence-corrected chi connectivity index (χ1v) is 7.57. The van der Waals surface area contributed by atoms with Crippen molar-refractivity contribution in [2.75, 3.05) is 5.32 Å². The molecule has 0 spiro atoms. The lowest BCUT2D eigenvalue weighted by molar-refractivity contribution is 0.102. The van der Waals surface area contributed by atoms with E-state index in [0.29, 0.717) is 10.8 Å². The van der Waals surface area contributed by atoms with Gasteiger partial charge in [-0.05, 0) is 18.6 Å². The molecule has 2 heterocycles. The highest BCUT2D eigenvalue weighted by molar-refractivity contribution is 7.15. The van der Waals surface area contributed by atoms with Crippen molar-refractivity contribution in [3.8, 4) is 0 Å². The number of nitrogens with one attached hydrogen (secondary N) is 1. The molecule has 0 unspecified atom stereocenters. The highest BCUT2D eigenvalue weighted by Gasteiger charge is 2.11. The molecule has 3 aromatic rings. The molecule has 0 saturated heterocycles. The molecule has 0 aliphatic carbocycles. The molecule has 6 heteroatoms. The molecular weight excluding hydrogens is 284 g/mol. The molecule has 0 bridgehead atoms. The van der Waals surface area contributed by atoms with Gasteiger partial charge in [-0.25, -0.2) is 4.98 Å². The van der Waals surface area contributed by atoms with Gasteiger partial charge in [0.25, 0.3) is 5.91 Å². The van der Waals surface area contributed by atoms with E-state index in [2.05, 4.69) is 27.4 Å². The van der Waals surface area contributed by atoms with E-state index < -0.39 is 0 Å². The SMILES string of the molecule is CCCc1nnc(NC(=O)c2ccc3ccccc3n2)s1. The maximum Gasteiger partial charge on any atom is 0.276 e. The van der Waals surface area contributed by atoms with Gasteiger partial charge >= 0.3 is 0 Å². The van der Waals surface area contributed by atoms with Crippen LogP contribution in [-0.2, 0) is 6.42 Å². The molecule has 0 atom stereocenters. The van der Waals surface area contributed by atoms with Crippen LogP contribution in [0.25, 0.3) is 10.9 Å². The van der Waals surface area contributed by atoms with E-state index in [0.717, 1.165) is 28.8 Å². The van der Waals surface area contributed by atoms with E-state index >= 15 is 0 Å². The molecule has 1 aromatic carbocycles. The Kier molecular flexibility index (Phi) is 3.87. The molecule has 0 aliphatic heterocycles. The Bertz CT molecular complexity index is 784. The average Bonchev–Trinajstić information content (AvgIpc) is 2.94. The van der Waals surface area contributed by atoms with E-state index in [1.54, 1.807) is 6.07 Å². The summed E-state index contributed by atoms with van der Waals surface area (Å²) in [5.41, 5.74) is 1.18. The number of carbonyl (C=O) groups is 1. The third-order valence-corrected chi connectivity index (χ3v) is 3.88. The van der Waals surface area contributed by atoms with Gasteiger partial charge < -0.3 is 0 Å². The molecule has 5 nitrogen and oxygen atoms in total. The van der Waals surface area contributed by atoms with Gasteiger partial charge in [0.05, 0.1) is 5.52 Å². The van der Waals surface area contributed by atoms with E-state index in [4.69, 9.17) is 0 Å². The molecule has 106 valence electrons. The number of benzene rings is 1. The van der Waals surface area contributed by atoms with Crippen LogP contribution in [-0.4, -0.2) is 21.1 Å². The lowest BCUT2D eigenvalue weighted by Crippen LogP contribution is -2.13. The van der Waals surface area contributed by atoms with Crippen molar-refractivity contribution in [2.45, 2.75) is 19.8 Å². The number of carbonyl (C=O) groups excluding carboxylic acids is 1. The van der Waals surface area contributed by atoms with Gasteiger partial charge in [-0.15, -0.1) is 10.2 Å². The highest BCUT2D eigenvalue weighted by atomic mass is 32.1. The van der Waals surface area contributed by atoms with Crippen LogP contribution in [0.15, 0.2) is 36.4 Å². The van der Waals surface area contributed by atoms with Gasteiger partial charge in [0, 0.05) is 11.8 Å². The average molecular weight is 298 g/mol. The monoisotopic (exact) mass is 298 g/mol. The number of nitrogens with zero attached hydrogens (tertiary/aromatic N) is 3. The first kappa shape index (κ1) is 13.6. The van der Waals surface area contributed by atoms with Crippen LogP contribution in [0.2, 0.25) is 0 Å². The fourth-order valence-electron chi connectivity index (χ4n) is 1.97. The molecule has 3 rings (SSSR count). The Balaban J connectivity index is 1.79. The van der Waals surface area contributed by atoms with Crippen molar-refractivity contribution >= 4 is 33.3 Å². The Morgan fingerprint density at radius 2 is 2.05 bits per heavy atom. The second kappa shape index (κ2) is 5.97. The molecule has 0 radical (unpaired) electrons. The normalized spacial score (nSPS) is 10.7. The van der Waals surface area contributed by atoms with Crippen molar-refractivity contribution in [1.82, 2.24) is 15.2 Å². The van der Waals surface area contributed by atoms with Crippen LogP contribution < -0.4 is 5.32 Å². The van der Waals surface area contributed by atoms with Crippen molar-refractivity contribution in [3.63, 3.8) is 0 Å². The number of aromatic nitrogens is 3. The number of para-hydroxylation sites is 1. The minimum Gasteiger partial charge on any atom is -0.295 e. The molecule has 21 heavy (non-hydrogen) atoms. The first-order valence-electron chi connectivity index (χ1n) is 6.76. The standard InChI is InChI=1S/C15H14N4OS/c1-2-5-13-18-19-15(21-13)17-14(20)12-9-8-10-6-3-4-7-11(10)16-12/h3-4,6-9H,2,5H2,1H3,(H,17,19,20). The number of aryl methyl sites for hydroxylation is 1. The Morgan fingerprint density at radius 3 is 2.90 bits per heavy atom. The number of fused-ring (bicyclic) bond motifs is 1. The second-order valence-corrected chi connectivity index (χ2v) is 5.66. The lowest BCUT2D eigenvalue weighted by atomic mass is 10.2. The fourth-order valence-corrected chi connectivity index (χ4v) is 2.81. The van der Waals surface area contributed by atoms with E-state index in [-0.39, 0.29) is 5.91 Å². The number of hydrogen-bond donors (Lipinski definition) is 1. The van der Waals surface area contributed by atoms with Gasteiger partial charge in [0.1, 0.15) is 10.7 Å². The summed E-state index contributed by atoms with van der Waals surface area (Å²) in [5.74, 6) is -0.264. The van der Waals surface area contributed by atoms with Crippen LogP contribution >= 0.6 is 11.3 Å². The third kappa shape index (κ3) is 3.05. The number of pyridine rings is 1. The summed E-state index contributed by atoms with van der Waals surface area (Å²) < 4.78 is 0. The smallest absolute Gasteiger partial charge is 0.276 e. The number of rotatable bonds is 4. The summed E-state index contributed by atoms with van der Waals surface area (Å²) in [7, 11) is 0. The van der Waals surface area contributed by atoms with Crippen molar-refractivity contribution < 1.29 is 4.79 Å². The summed E-state index contributed by atoms with van der Waals surface area (Å²) in [6.45, 7) is 2.08. The van der Waals surface area contributed by atoms with E-state index in [1.165, 1.54) is 11.3 Å². The Hall–Kier alpha value is -2.34. The summed E-state index contributed by atoms with van der Waals surface area (Å²) >= 11 is 1.40. The fraction of sp³-hybridized carbons (Fsp3) is 0.200. The molecule has 0 saturated carbocycles. The molecule has 0 aliphatic rings. The van der Waals surface area contributed by atoms with Crippen LogP contribution in [0.3, 0.4) is 0 Å². The number of amides is 1. The topological polar surface area (TPSA) is 67.8 Å². The summed E-state index contributed by atoms with van der Waals surface area (Å²) in [4.78, 5) is 16.5. The first-order chi connectivity index (χ1) is 10.3. The zero-order valence-electron chi connectivity index (χ0n) is 11.5. The number of anilines is 1. The van der Waals surface area contributed by atoms with Gasteiger partial charge in [-0.1, -0.05) is 42.5 Å². The molecular formula is C15H14N4OS. The van der Waals surface area contributed by atoms with Crippen molar-refractivity contribution in [2.24, 2.45) is 0 Å². The lowest BCUT2D eigenvalue weighted by Gasteiger charge is -2.02. The minimum absolute atomic E-state index is 0.264. The molecule has 0 fully saturated rings. The second-order valence-electron chi connectivity index (χ2n) is 4.59. The van der Waals surface area contributed by atoms with Crippen LogP contribution in [0, 0.1) is 0 Å². The molecule has 2 aromatic heterocycles. The maximum atomic E-state index is 12.2. The van der Waals surface area contributed by atoms with Gasteiger partial charge in [0.2, 0.25) is 5.13 Å². The Morgan fingerprint density at radius 1 is 1.19 bits per heavy atom. The predicted octanol–water partition coefficient (Wildman–Crippen LogP) is 3.29. The van der Waals surface area contributed by atoms with Gasteiger partial charge in [-0.3, -0.25) is 10.1 Å². The Labute approximate surface area is 126 Å². The van der Waals surface area contributed by atoms with Gasteiger partial charge in [0.15, 0.2) is 0 Å². The quantitative estimate of drug-likeness (QED) is 0.802. The third-order valence-electron chi connectivity index (χ3n) is 2.98. The summed E-state index contributed by atoms with van der Waals surface area (Å²) in [5, 5.41) is 13.2. The van der Waals surface area contributed by atoms with Crippen LogP contribution in [0.4, 0.5) is 5.13 Å². The maximum absolute atomic E-state index is 12.2. The predicted molar refractivity (Wildman–Crippen MR) is 83.6 cm³/mol. The van der Waals surface area contributed by atoms with Crippen LogP contribution in [0.1, 0.15) is 28.8 Å². The summed E-state index contributed by atoms with van der Waals surface area (Å²) in [6.07, 6.45) is 1.89. The van der Waals surface area contributed by atoms with Crippen molar-refractivity contribution in [1.29, 1.82) is 0 Å². The number of hydrogen-bond acceptors (Lipinski definition) is 5. The largest absolute Gasteiger partial charge is 0.295 e. The minimum atomic E-state index is -0.264.